The topological polar surface area (TPSA) is 33.1 Å². The third kappa shape index (κ3) is 4.86. The van der Waals surface area contributed by atoms with Crippen molar-refractivity contribution in [2.45, 2.75) is 59.0 Å². The van der Waals surface area contributed by atoms with Crippen LogP contribution < -0.4 is 0 Å². The summed E-state index contributed by atoms with van der Waals surface area (Å²) in [6.45, 7) is 6.39. The summed E-state index contributed by atoms with van der Waals surface area (Å²) in [5, 5.41) is 10.3. The summed E-state index contributed by atoms with van der Waals surface area (Å²) in [4.78, 5) is 4.36. The van der Waals surface area contributed by atoms with Crippen LogP contribution in [0.4, 0.5) is 0 Å². The van der Waals surface area contributed by atoms with Crippen LogP contribution in [0.3, 0.4) is 0 Å². The molecule has 1 atom stereocenters. The van der Waals surface area contributed by atoms with E-state index in [1.165, 1.54) is 5.56 Å². The van der Waals surface area contributed by atoms with Gasteiger partial charge in [-0.15, -0.1) is 0 Å². The molecule has 17 heavy (non-hydrogen) atoms. The maximum Gasteiger partial charge on any atom is 0.0623 e. The summed E-state index contributed by atoms with van der Waals surface area (Å²) in [5.41, 5.74) is 2.17. The van der Waals surface area contributed by atoms with Gasteiger partial charge in [-0.2, -0.15) is 0 Å². The molecule has 1 aromatic rings. The molecule has 0 aliphatic carbocycles. The quantitative estimate of drug-likeness (QED) is 0.784. The number of hydrogen-bond donors (Lipinski definition) is 1. The van der Waals surface area contributed by atoms with Crippen LogP contribution in [-0.4, -0.2) is 16.2 Å². The molecule has 1 rings (SSSR count). The molecule has 0 spiro atoms. The lowest BCUT2D eigenvalue weighted by molar-refractivity contribution is 0.0954. The van der Waals surface area contributed by atoms with Crippen LogP contribution in [0.2, 0.25) is 0 Å². The normalized spacial score (nSPS) is 13.0. The van der Waals surface area contributed by atoms with Crippen LogP contribution >= 0.6 is 0 Å². The lowest BCUT2D eigenvalue weighted by atomic mass is 9.90. The Balaban J connectivity index is 2.55. The summed E-state index contributed by atoms with van der Waals surface area (Å²) in [6, 6.07) is 4.08. The highest BCUT2D eigenvalue weighted by Crippen LogP contribution is 2.20. The molecule has 2 heteroatoms. The Bertz CT molecular complexity index is 301. The van der Waals surface area contributed by atoms with E-state index in [0.717, 1.165) is 31.4 Å². The average Bonchev–Trinajstić information content (AvgIpc) is 2.32. The van der Waals surface area contributed by atoms with Crippen molar-refractivity contribution in [2.75, 3.05) is 0 Å². The van der Waals surface area contributed by atoms with Gasteiger partial charge in [0.1, 0.15) is 0 Å². The maximum atomic E-state index is 10.3. The van der Waals surface area contributed by atoms with Crippen LogP contribution in [0, 0.1) is 12.8 Å². The largest absolute Gasteiger partial charge is 0.392 e. The smallest absolute Gasteiger partial charge is 0.0623 e. The molecule has 1 N–H and O–H groups in total. The Morgan fingerprint density at radius 2 is 1.82 bits per heavy atom. The zero-order chi connectivity index (χ0) is 12.7. The Kier molecular flexibility index (Phi) is 6.20. The number of hydrogen-bond acceptors (Lipinski definition) is 2. The maximum absolute atomic E-state index is 10.3. The standard InChI is InChI=1S/C15H25NO/c1-4-6-13(7-5-2)15(17)10-14-9-8-12(3)11-16-14/h8-9,11,13,15,17H,4-7,10H2,1-3H3. The molecular weight excluding hydrogens is 210 g/mol. The molecule has 0 saturated heterocycles. The predicted octanol–water partition coefficient (Wildman–Crippen LogP) is 3.51. The van der Waals surface area contributed by atoms with Crippen molar-refractivity contribution in [3.63, 3.8) is 0 Å². The summed E-state index contributed by atoms with van der Waals surface area (Å²) in [6.07, 6.45) is 6.82. The highest BCUT2D eigenvalue weighted by molar-refractivity contribution is 5.12. The molecule has 0 aliphatic heterocycles. The first-order valence-electron chi connectivity index (χ1n) is 6.77. The molecule has 0 saturated carbocycles. The van der Waals surface area contributed by atoms with Gasteiger partial charge in [0.05, 0.1) is 6.10 Å². The minimum absolute atomic E-state index is 0.245. The molecular formula is C15H25NO. The number of aromatic nitrogens is 1. The fourth-order valence-corrected chi connectivity index (χ4v) is 2.27. The predicted molar refractivity (Wildman–Crippen MR) is 72.0 cm³/mol. The van der Waals surface area contributed by atoms with E-state index in [1.807, 2.05) is 19.2 Å². The van der Waals surface area contributed by atoms with Crippen LogP contribution in [0.25, 0.3) is 0 Å². The second kappa shape index (κ2) is 7.44. The molecule has 0 amide bonds. The van der Waals surface area contributed by atoms with Gasteiger partial charge in [0.25, 0.3) is 0 Å². The van der Waals surface area contributed by atoms with E-state index in [-0.39, 0.29) is 6.10 Å². The fourth-order valence-electron chi connectivity index (χ4n) is 2.27. The van der Waals surface area contributed by atoms with Gasteiger partial charge >= 0.3 is 0 Å². The van der Waals surface area contributed by atoms with Gasteiger partial charge in [0.15, 0.2) is 0 Å². The highest BCUT2D eigenvalue weighted by Gasteiger charge is 2.18. The molecule has 0 aliphatic rings. The summed E-state index contributed by atoms with van der Waals surface area (Å²) in [7, 11) is 0. The van der Waals surface area contributed by atoms with Gasteiger partial charge in [-0.25, -0.2) is 0 Å². The SMILES string of the molecule is CCCC(CCC)C(O)Cc1ccc(C)cn1. The van der Waals surface area contributed by atoms with E-state index in [4.69, 9.17) is 0 Å². The number of aliphatic hydroxyl groups excluding tert-OH is 1. The molecule has 1 aromatic heterocycles. The van der Waals surface area contributed by atoms with Gasteiger partial charge < -0.3 is 5.11 Å². The lowest BCUT2D eigenvalue weighted by Gasteiger charge is -2.21. The second-order valence-corrected chi connectivity index (χ2v) is 4.94. The van der Waals surface area contributed by atoms with E-state index in [2.05, 4.69) is 24.9 Å². The summed E-state index contributed by atoms with van der Waals surface area (Å²) in [5.74, 6) is 0.424. The van der Waals surface area contributed by atoms with Crippen molar-refractivity contribution in [2.24, 2.45) is 5.92 Å². The minimum Gasteiger partial charge on any atom is -0.392 e. The van der Waals surface area contributed by atoms with Gasteiger partial charge in [-0.1, -0.05) is 32.8 Å². The van der Waals surface area contributed by atoms with Gasteiger partial charge in [-0.05, 0) is 37.3 Å². The van der Waals surface area contributed by atoms with E-state index in [0.29, 0.717) is 12.3 Å². The zero-order valence-electron chi connectivity index (χ0n) is 11.3. The van der Waals surface area contributed by atoms with Crippen molar-refractivity contribution in [1.82, 2.24) is 4.98 Å². The number of rotatable bonds is 7. The van der Waals surface area contributed by atoms with E-state index < -0.39 is 0 Å². The Hall–Kier alpha value is -0.890. The molecule has 1 unspecified atom stereocenters. The molecule has 2 nitrogen and oxygen atoms in total. The van der Waals surface area contributed by atoms with Crippen LogP contribution in [0.1, 0.15) is 50.8 Å². The molecule has 0 fully saturated rings. The molecule has 0 bridgehead atoms. The van der Waals surface area contributed by atoms with Crippen molar-refractivity contribution in [1.29, 1.82) is 0 Å². The number of pyridine rings is 1. The van der Waals surface area contributed by atoms with E-state index in [1.54, 1.807) is 0 Å². The van der Waals surface area contributed by atoms with Gasteiger partial charge in [0.2, 0.25) is 0 Å². The van der Waals surface area contributed by atoms with Gasteiger partial charge in [0, 0.05) is 18.3 Å². The minimum atomic E-state index is -0.245. The monoisotopic (exact) mass is 235 g/mol. The Labute approximate surface area is 105 Å². The van der Waals surface area contributed by atoms with Crippen molar-refractivity contribution >= 4 is 0 Å². The summed E-state index contributed by atoms with van der Waals surface area (Å²) >= 11 is 0. The fraction of sp³-hybridized carbons (Fsp3) is 0.667. The Morgan fingerprint density at radius 3 is 2.29 bits per heavy atom. The van der Waals surface area contributed by atoms with Crippen LogP contribution in [0.5, 0.6) is 0 Å². The zero-order valence-corrected chi connectivity index (χ0v) is 11.3. The van der Waals surface area contributed by atoms with Crippen molar-refractivity contribution < 1.29 is 5.11 Å². The van der Waals surface area contributed by atoms with Gasteiger partial charge in [-0.3, -0.25) is 4.98 Å². The first-order valence-corrected chi connectivity index (χ1v) is 6.77. The average molecular weight is 235 g/mol. The molecule has 0 radical (unpaired) electrons. The van der Waals surface area contributed by atoms with Crippen molar-refractivity contribution in [3.05, 3.63) is 29.6 Å². The van der Waals surface area contributed by atoms with Crippen LogP contribution in [-0.2, 0) is 6.42 Å². The third-order valence-corrected chi connectivity index (χ3v) is 3.25. The second-order valence-electron chi connectivity index (χ2n) is 4.94. The Morgan fingerprint density at radius 1 is 1.18 bits per heavy atom. The first kappa shape index (κ1) is 14.2. The van der Waals surface area contributed by atoms with E-state index >= 15 is 0 Å². The number of nitrogens with zero attached hydrogens (tertiary/aromatic N) is 1. The third-order valence-electron chi connectivity index (χ3n) is 3.25. The molecule has 1 heterocycles. The summed E-state index contributed by atoms with van der Waals surface area (Å²) < 4.78 is 0. The highest BCUT2D eigenvalue weighted by atomic mass is 16.3. The van der Waals surface area contributed by atoms with Crippen molar-refractivity contribution in [3.8, 4) is 0 Å². The molecule has 0 aromatic carbocycles. The first-order chi connectivity index (χ1) is 8.17. The van der Waals surface area contributed by atoms with E-state index in [9.17, 15) is 5.11 Å². The number of aliphatic hydroxyl groups is 1. The molecule has 96 valence electrons. The number of aryl methyl sites for hydroxylation is 1. The lowest BCUT2D eigenvalue weighted by Crippen LogP contribution is -2.23. The van der Waals surface area contributed by atoms with Crippen LogP contribution in [0.15, 0.2) is 18.3 Å².